The minimum absolute atomic E-state index is 0.0459. The molecule has 1 aromatic rings. The van der Waals surface area contributed by atoms with E-state index in [1.807, 2.05) is 0 Å². The van der Waals surface area contributed by atoms with Gasteiger partial charge in [-0.2, -0.15) is 8.61 Å². The van der Waals surface area contributed by atoms with Crippen LogP contribution in [0.15, 0.2) is 34.1 Å². The van der Waals surface area contributed by atoms with E-state index in [0.29, 0.717) is 19.5 Å². The van der Waals surface area contributed by atoms with Crippen LogP contribution in [0.4, 0.5) is 0 Å². The van der Waals surface area contributed by atoms with E-state index >= 15 is 0 Å². The zero-order valence-corrected chi connectivity index (χ0v) is 15.2. The molecule has 0 saturated carbocycles. The number of carboxylic acids is 1. The number of benzene rings is 1. The van der Waals surface area contributed by atoms with Crippen LogP contribution in [0.3, 0.4) is 0 Å². The highest BCUT2D eigenvalue weighted by Crippen LogP contribution is 2.28. The second-order valence-corrected chi connectivity index (χ2v) is 10.0. The summed E-state index contributed by atoms with van der Waals surface area (Å²) in [6.07, 6.45) is 2.39. The zero-order chi connectivity index (χ0) is 18.2. The summed E-state index contributed by atoms with van der Waals surface area (Å²) in [5.41, 5.74) is 0. The Morgan fingerprint density at radius 2 is 1.40 bits per heavy atom. The average molecular weight is 388 g/mol. The Kier molecular flexibility index (Phi) is 4.89. The minimum Gasteiger partial charge on any atom is -0.480 e. The van der Waals surface area contributed by atoms with E-state index in [4.69, 9.17) is 0 Å². The van der Waals surface area contributed by atoms with Crippen LogP contribution in [0.5, 0.6) is 0 Å². The highest BCUT2D eigenvalue weighted by atomic mass is 32.2. The predicted molar refractivity (Wildman–Crippen MR) is 89.0 cm³/mol. The fourth-order valence-electron chi connectivity index (χ4n) is 3.27. The van der Waals surface area contributed by atoms with Gasteiger partial charge in [-0.05, 0) is 49.9 Å². The summed E-state index contributed by atoms with van der Waals surface area (Å²) in [6, 6.07) is 3.93. The minimum atomic E-state index is -3.97. The first-order valence-corrected chi connectivity index (χ1v) is 11.0. The molecule has 0 spiro atoms. The van der Waals surface area contributed by atoms with Gasteiger partial charge in [0.15, 0.2) is 0 Å². The van der Waals surface area contributed by atoms with E-state index in [0.717, 1.165) is 17.1 Å². The number of hydrogen-bond acceptors (Lipinski definition) is 5. The van der Waals surface area contributed by atoms with Crippen molar-refractivity contribution in [1.29, 1.82) is 0 Å². The smallest absolute Gasteiger partial charge is 0.322 e. The summed E-state index contributed by atoms with van der Waals surface area (Å²) >= 11 is 0. The molecule has 8 nitrogen and oxygen atoms in total. The summed E-state index contributed by atoms with van der Waals surface area (Å²) in [5, 5.41) is 9.18. The second-order valence-electron chi connectivity index (χ2n) is 6.19. The summed E-state index contributed by atoms with van der Waals surface area (Å²) in [5.74, 6) is -1.17. The molecule has 25 heavy (non-hydrogen) atoms. The van der Waals surface area contributed by atoms with E-state index < -0.39 is 32.1 Å². The lowest BCUT2D eigenvalue weighted by molar-refractivity contribution is -0.140. The molecule has 0 aliphatic carbocycles. The number of aliphatic carboxylic acids is 1. The van der Waals surface area contributed by atoms with Gasteiger partial charge in [0.1, 0.15) is 6.04 Å². The third kappa shape index (κ3) is 3.31. The first kappa shape index (κ1) is 18.3. The average Bonchev–Trinajstić information content (AvgIpc) is 3.26. The maximum absolute atomic E-state index is 12.7. The molecule has 2 heterocycles. The summed E-state index contributed by atoms with van der Waals surface area (Å²) in [6.45, 7) is 1.08. The molecular formula is C15H20N2O6S2. The Hall–Kier alpha value is -1.49. The number of carbonyl (C=O) groups is 1. The van der Waals surface area contributed by atoms with E-state index in [1.165, 1.54) is 28.6 Å². The molecule has 2 fully saturated rings. The van der Waals surface area contributed by atoms with Gasteiger partial charge in [0.25, 0.3) is 0 Å². The quantitative estimate of drug-likeness (QED) is 0.795. The van der Waals surface area contributed by atoms with E-state index in [-0.39, 0.29) is 22.8 Å². The van der Waals surface area contributed by atoms with Gasteiger partial charge < -0.3 is 5.11 Å². The molecule has 138 valence electrons. The van der Waals surface area contributed by atoms with Crippen LogP contribution < -0.4 is 0 Å². The van der Waals surface area contributed by atoms with Gasteiger partial charge in [-0.25, -0.2) is 16.8 Å². The third-order valence-electron chi connectivity index (χ3n) is 4.62. The molecule has 0 aromatic heterocycles. The molecule has 10 heteroatoms. The topological polar surface area (TPSA) is 112 Å². The van der Waals surface area contributed by atoms with Crippen LogP contribution >= 0.6 is 0 Å². The fourth-order valence-corrected chi connectivity index (χ4v) is 6.44. The van der Waals surface area contributed by atoms with Gasteiger partial charge in [-0.3, -0.25) is 4.79 Å². The third-order valence-corrected chi connectivity index (χ3v) is 8.46. The number of rotatable bonds is 5. The number of nitrogens with zero attached hydrogens (tertiary/aromatic N) is 2. The first-order chi connectivity index (χ1) is 11.7. The van der Waals surface area contributed by atoms with Crippen LogP contribution in [-0.2, 0) is 24.8 Å². The maximum Gasteiger partial charge on any atom is 0.322 e. The fraction of sp³-hybridized carbons (Fsp3) is 0.533. The number of carboxylic acid groups (broad SMARTS) is 1. The van der Waals surface area contributed by atoms with Crippen molar-refractivity contribution < 1.29 is 26.7 Å². The Balaban J connectivity index is 1.88. The molecule has 1 unspecified atom stereocenters. The molecule has 1 aromatic carbocycles. The maximum atomic E-state index is 12.7. The summed E-state index contributed by atoms with van der Waals surface area (Å²) in [4.78, 5) is 11.2. The van der Waals surface area contributed by atoms with Crippen LogP contribution in [0.2, 0.25) is 0 Å². The van der Waals surface area contributed by atoms with Crippen molar-refractivity contribution >= 4 is 26.0 Å². The molecule has 1 N–H and O–H groups in total. The van der Waals surface area contributed by atoms with Crippen LogP contribution in [0, 0.1) is 0 Å². The van der Waals surface area contributed by atoms with Gasteiger partial charge in [-0.1, -0.05) is 0 Å². The van der Waals surface area contributed by atoms with Crippen molar-refractivity contribution in [3.63, 3.8) is 0 Å². The second kappa shape index (κ2) is 6.67. The van der Waals surface area contributed by atoms with Gasteiger partial charge >= 0.3 is 5.97 Å². The highest BCUT2D eigenvalue weighted by Gasteiger charge is 2.39. The van der Waals surface area contributed by atoms with E-state index in [2.05, 4.69) is 0 Å². The van der Waals surface area contributed by atoms with Crippen LogP contribution in [0.1, 0.15) is 25.7 Å². The molecule has 0 radical (unpaired) electrons. The Morgan fingerprint density at radius 1 is 0.880 bits per heavy atom. The normalized spacial score (nSPS) is 23.1. The zero-order valence-electron chi connectivity index (χ0n) is 13.5. The number of sulfonamides is 2. The lowest BCUT2D eigenvalue weighted by Gasteiger charge is -2.21. The van der Waals surface area contributed by atoms with E-state index in [9.17, 15) is 26.7 Å². The molecule has 1 atom stereocenters. The van der Waals surface area contributed by atoms with Crippen LogP contribution in [-0.4, -0.2) is 62.2 Å². The number of hydrogen-bond donors (Lipinski definition) is 1. The Bertz CT molecular complexity index is 858. The first-order valence-electron chi connectivity index (χ1n) is 8.09. The lowest BCUT2D eigenvalue weighted by Crippen LogP contribution is -2.40. The van der Waals surface area contributed by atoms with Gasteiger partial charge in [0.2, 0.25) is 20.0 Å². The molecular weight excluding hydrogens is 368 g/mol. The van der Waals surface area contributed by atoms with Gasteiger partial charge in [0, 0.05) is 19.6 Å². The van der Waals surface area contributed by atoms with Crippen molar-refractivity contribution in [2.24, 2.45) is 0 Å². The molecule has 2 aliphatic rings. The molecule has 0 bridgehead atoms. The molecule has 2 aliphatic heterocycles. The van der Waals surface area contributed by atoms with Crippen molar-refractivity contribution in [2.45, 2.75) is 41.5 Å². The lowest BCUT2D eigenvalue weighted by atomic mass is 10.2. The molecule has 3 rings (SSSR count). The van der Waals surface area contributed by atoms with Crippen molar-refractivity contribution in [3.8, 4) is 0 Å². The SMILES string of the molecule is O=C(O)C1CCCN1S(=O)(=O)c1ccc(S(=O)(=O)N2CCCC2)cc1. The Morgan fingerprint density at radius 3 is 1.92 bits per heavy atom. The van der Waals surface area contributed by atoms with Gasteiger partial charge in [0.05, 0.1) is 9.79 Å². The summed E-state index contributed by atoms with van der Waals surface area (Å²) in [7, 11) is -7.58. The van der Waals surface area contributed by atoms with Crippen LogP contribution in [0.25, 0.3) is 0 Å². The predicted octanol–water partition coefficient (Wildman–Crippen LogP) is 0.709. The van der Waals surface area contributed by atoms with Crippen molar-refractivity contribution in [1.82, 2.24) is 8.61 Å². The van der Waals surface area contributed by atoms with Crippen molar-refractivity contribution in [2.75, 3.05) is 19.6 Å². The Labute approximate surface area is 147 Å². The van der Waals surface area contributed by atoms with Crippen molar-refractivity contribution in [3.05, 3.63) is 24.3 Å². The van der Waals surface area contributed by atoms with E-state index in [1.54, 1.807) is 0 Å². The molecule has 2 saturated heterocycles. The molecule has 0 amide bonds. The summed E-state index contributed by atoms with van der Waals surface area (Å²) < 4.78 is 52.7. The highest BCUT2D eigenvalue weighted by molar-refractivity contribution is 7.89. The van der Waals surface area contributed by atoms with Gasteiger partial charge in [-0.15, -0.1) is 0 Å². The largest absolute Gasteiger partial charge is 0.480 e. The standard InChI is InChI=1S/C15H20N2O6S2/c18-15(19)14-4-3-11-17(14)25(22,23)13-7-5-12(6-8-13)24(20,21)16-9-1-2-10-16/h5-8,14H,1-4,9-11H2,(H,18,19). The monoisotopic (exact) mass is 388 g/mol.